The zero-order valence-electron chi connectivity index (χ0n) is 9.79. The number of nitrogens with zero attached hydrogens (tertiary/aromatic N) is 2. The molecule has 0 unspecified atom stereocenters. The van der Waals surface area contributed by atoms with E-state index in [0.717, 1.165) is 5.69 Å². The largest absolute Gasteiger partial charge is 0.506 e. The van der Waals surface area contributed by atoms with Gasteiger partial charge in [-0.25, -0.2) is 8.42 Å². The number of alkyl halides is 1. The molecule has 0 bridgehead atoms. The second kappa shape index (κ2) is 5.34. The summed E-state index contributed by atoms with van der Waals surface area (Å²) in [4.78, 5) is 1.97. The Hall–Kier alpha value is -0.980. The number of phenols is 1. The molecular formula is C11H15ClN2O3S. The number of benzene rings is 1. The Balaban J connectivity index is 2.06. The second-order valence-electron chi connectivity index (χ2n) is 4.10. The van der Waals surface area contributed by atoms with E-state index < -0.39 is 10.0 Å². The second-order valence-corrected chi connectivity index (χ2v) is 6.65. The monoisotopic (exact) mass is 290 g/mol. The van der Waals surface area contributed by atoms with Crippen molar-refractivity contribution in [1.82, 2.24) is 4.31 Å². The van der Waals surface area contributed by atoms with E-state index in [4.69, 9.17) is 11.6 Å². The summed E-state index contributed by atoms with van der Waals surface area (Å²) in [6, 6.07) is 7.04. The maximum Gasteiger partial charge on any atom is 0.228 e. The minimum atomic E-state index is -3.33. The van der Waals surface area contributed by atoms with Crippen molar-refractivity contribution in [2.75, 3.05) is 36.3 Å². The van der Waals surface area contributed by atoms with Crippen LogP contribution >= 0.6 is 11.6 Å². The number of aromatic hydroxyl groups is 1. The molecule has 2 rings (SSSR count). The molecule has 0 aliphatic carbocycles. The van der Waals surface area contributed by atoms with E-state index in [1.807, 2.05) is 17.0 Å². The normalized spacial score (nSPS) is 17.9. The first-order valence-electron chi connectivity index (χ1n) is 5.61. The van der Waals surface area contributed by atoms with Crippen molar-refractivity contribution >= 4 is 27.3 Å². The summed E-state index contributed by atoms with van der Waals surface area (Å²) in [5, 5.41) is 9.35. The first kappa shape index (κ1) is 13.5. The number of hydrogen-bond donors (Lipinski definition) is 1. The Morgan fingerprint density at radius 2 is 1.78 bits per heavy atom. The van der Waals surface area contributed by atoms with Crippen LogP contribution in [-0.2, 0) is 10.0 Å². The lowest BCUT2D eigenvalue weighted by Crippen LogP contribution is -2.49. The van der Waals surface area contributed by atoms with E-state index >= 15 is 0 Å². The summed E-state index contributed by atoms with van der Waals surface area (Å²) in [5.74, 6) is 0.214. The molecule has 1 heterocycles. The van der Waals surface area contributed by atoms with Gasteiger partial charge in [0.1, 0.15) is 11.0 Å². The summed E-state index contributed by atoms with van der Waals surface area (Å²) < 4.78 is 24.6. The molecule has 1 aliphatic rings. The molecule has 1 aromatic rings. The Morgan fingerprint density at radius 1 is 1.17 bits per heavy atom. The molecule has 0 spiro atoms. The number of sulfonamides is 1. The SMILES string of the molecule is O=S(=O)(CCl)N1CCN(c2ccccc2O)CC1. The minimum absolute atomic E-state index is 0.214. The number of piperazine rings is 1. The van der Waals surface area contributed by atoms with Gasteiger partial charge in [-0.3, -0.25) is 0 Å². The van der Waals surface area contributed by atoms with Crippen LogP contribution in [0, 0.1) is 0 Å². The zero-order chi connectivity index (χ0) is 13.2. The van der Waals surface area contributed by atoms with Crippen LogP contribution in [0.1, 0.15) is 0 Å². The fourth-order valence-electron chi connectivity index (χ4n) is 2.01. The maximum absolute atomic E-state index is 11.6. The lowest BCUT2D eigenvalue weighted by Gasteiger charge is -2.35. The van der Waals surface area contributed by atoms with Crippen molar-refractivity contribution in [3.05, 3.63) is 24.3 Å². The molecule has 0 radical (unpaired) electrons. The predicted molar refractivity (Wildman–Crippen MR) is 71.5 cm³/mol. The molecular weight excluding hydrogens is 276 g/mol. The van der Waals surface area contributed by atoms with Crippen LogP contribution < -0.4 is 4.90 Å². The molecule has 18 heavy (non-hydrogen) atoms. The van der Waals surface area contributed by atoms with Crippen molar-refractivity contribution in [2.24, 2.45) is 0 Å². The summed E-state index contributed by atoms with van der Waals surface area (Å²) in [5.41, 5.74) is 0.737. The lowest BCUT2D eigenvalue weighted by atomic mass is 10.2. The lowest BCUT2D eigenvalue weighted by molar-refractivity contribution is 0.384. The molecule has 7 heteroatoms. The van der Waals surface area contributed by atoms with Crippen LogP contribution in [0.25, 0.3) is 0 Å². The summed E-state index contributed by atoms with van der Waals surface area (Å²) in [6.45, 7) is 1.88. The van der Waals surface area contributed by atoms with Crippen LogP contribution in [0.15, 0.2) is 24.3 Å². The fraction of sp³-hybridized carbons (Fsp3) is 0.455. The molecule has 0 aromatic heterocycles. The van der Waals surface area contributed by atoms with E-state index in [2.05, 4.69) is 0 Å². The van der Waals surface area contributed by atoms with Gasteiger partial charge in [-0.15, -0.1) is 11.6 Å². The molecule has 1 fully saturated rings. The van der Waals surface area contributed by atoms with Crippen molar-refractivity contribution in [3.8, 4) is 5.75 Å². The fourth-order valence-corrected chi connectivity index (χ4v) is 3.28. The van der Waals surface area contributed by atoms with Crippen molar-refractivity contribution in [3.63, 3.8) is 0 Å². The zero-order valence-corrected chi connectivity index (χ0v) is 11.4. The smallest absolute Gasteiger partial charge is 0.228 e. The van der Waals surface area contributed by atoms with E-state index in [1.165, 1.54) is 4.31 Å². The van der Waals surface area contributed by atoms with Crippen LogP contribution in [0.5, 0.6) is 5.75 Å². The molecule has 0 amide bonds. The third kappa shape index (κ3) is 2.71. The Kier molecular flexibility index (Phi) is 3.99. The van der Waals surface area contributed by atoms with Gasteiger partial charge in [-0.05, 0) is 12.1 Å². The molecule has 1 aromatic carbocycles. The molecule has 0 atom stereocenters. The van der Waals surface area contributed by atoms with E-state index in [1.54, 1.807) is 12.1 Å². The average Bonchev–Trinajstić information content (AvgIpc) is 2.39. The molecule has 1 saturated heterocycles. The summed E-state index contributed by atoms with van der Waals surface area (Å²) in [6.07, 6.45) is 0. The van der Waals surface area contributed by atoms with E-state index in [-0.39, 0.29) is 11.0 Å². The minimum Gasteiger partial charge on any atom is -0.506 e. The topological polar surface area (TPSA) is 60.9 Å². The number of rotatable bonds is 3. The van der Waals surface area contributed by atoms with Gasteiger partial charge in [0.25, 0.3) is 0 Å². The number of hydrogen-bond acceptors (Lipinski definition) is 4. The highest BCUT2D eigenvalue weighted by atomic mass is 35.5. The first-order chi connectivity index (χ1) is 8.54. The highest BCUT2D eigenvalue weighted by Gasteiger charge is 2.26. The third-order valence-corrected chi connectivity index (χ3v) is 5.25. The van der Waals surface area contributed by atoms with Crippen molar-refractivity contribution < 1.29 is 13.5 Å². The van der Waals surface area contributed by atoms with Crippen LogP contribution in [0.4, 0.5) is 5.69 Å². The van der Waals surface area contributed by atoms with Gasteiger partial charge in [0.2, 0.25) is 10.0 Å². The van der Waals surface area contributed by atoms with Gasteiger partial charge in [-0.2, -0.15) is 4.31 Å². The number of para-hydroxylation sites is 2. The van der Waals surface area contributed by atoms with Gasteiger partial charge in [-0.1, -0.05) is 12.1 Å². The van der Waals surface area contributed by atoms with Gasteiger partial charge < -0.3 is 10.0 Å². The van der Waals surface area contributed by atoms with Gasteiger partial charge >= 0.3 is 0 Å². The average molecular weight is 291 g/mol. The van der Waals surface area contributed by atoms with Gasteiger partial charge in [0, 0.05) is 26.2 Å². The highest BCUT2D eigenvalue weighted by molar-refractivity contribution is 7.90. The first-order valence-corrected chi connectivity index (χ1v) is 7.76. The summed E-state index contributed by atoms with van der Waals surface area (Å²) in [7, 11) is -3.33. The van der Waals surface area contributed by atoms with Crippen LogP contribution in [0.2, 0.25) is 0 Å². The quantitative estimate of drug-likeness (QED) is 0.845. The van der Waals surface area contributed by atoms with Gasteiger partial charge in [0.05, 0.1) is 5.69 Å². The van der Waals surface area contributed by atoms with E-state index in [0.29, 0.717) is 26.2 Å². The number of anilines is 1. The number of halogens is 1. The standard InChI is InChI=1S/C11H15ClN2O3S/c12-9-18(16,17)14-7-5-13(6-8-14)10-3-1-2-4-11(10)15/h1-4,15H,5-9H2. The van der Waals surface area contributed by atoms with Crippen LogP contribution in [0.3, 0.4) is 0 Å². The molecule has 1 N–H and O–H groups in total. The Bertz CT molecular complexity index is 513. The summed E-state index contributed by atoms with van der Waals surface area (Å²) >= 11 is 5.42. The Morgan fingerprint density at radius 3 is 2.33 bits per heavy atom. The van der Waals surface area contributed by atoms with Gasteiger partial charge in [0.15, 0.2) is 0 Å². The Labute approximate surface area is 112 Å². The van der Waals surface area contributed by atoms with Crippen molar-refractivity contribution in [2.45, 2.75) is 0 Å². The molecule has 0 saturated carbocycles. The van der Waals surface area contributed by atoms with E-state index in [9.17, 15) is 13.5 Å². The number of phenolic OH excluding ortho intramolecular Hbond substituents is 1. The predicted octanol–water partition coefficient (Wildman–Crippen LogP) is 1.04. The third-order valence-electron chi connectivity index (χ3n) is 2.99. The van der Waals surface area contributed by atoms with Crippen molar-refractivity contribution in [1.29, 1.82) is 0 Å². The molecule has 1 aliphatic heterocycles. The molecule has 5 nitrogen and oxygen atoms in total. The highest BCUT2D eigenvalue weighted by Crippen LogP contribution is 2.27. The molecule has 100 valence electrons. The maximum atomic E-state index is 11.6. The van der Waals surface area contributed by atoms with Crippen LogP contribution in [-0.4, -0.2) is 49.2 Å².